The van der Waals surface area contributed by atoms with Crippen LogP contribution in [0.3, 0.4) is 0 Å². The molecule has 0 aliphatic carbocycles. The lowest BCUT2D eigenvalue weighted by molar-refractivity contribution is 0.836. The van der Waals surface area contributed by atoms with Crippen LogP contribution in [0, 0.1) is 13.8 Å². The van der Waals surface area contributed by atoms with Crippen LogP contribution in [-0.2, 0) is 0 Å². The maximum Gasteiger partial charge on any atom is -0.0221 e. The van der Waals surface area contributed by atoms with Crippen LogP contribution in [0.4, 0.5) is 0 Å². The molecule has 0 atom stereocenters. The van der Waals surface area contributed by atoms with Crippen molar-refractivity contribution in [1.29, 1.82) is 0 Å². The van der Waals surface area contributed by atoms with E-state index in [9.17, 15) is 0 Å². The Morgan fingerprint density at radius 1 is 0.467 bits per heavy atom. The van der Waals surface area contributed by atoms with E-state index in [1.807, 2.05) is 0 Å². The fourth-order valence-electron chi connectivity index (χ4n) is 4.42. The van der Waals surface area contributed by atoms with Gasteiger partial charge in [0.2, 0.25) is 0 Å². The average molecular weight is 403 g/mol. The molecule has 0 nitrogen and oxygen atoms in total. The number of hydrogen-bond donors (Lipinski definition) is 0. The van der Waals surface area contributed by atoms with Gasteiger partial charge in [-0.1, -0.05) is 113 Å². The van der Waals surface area contributed by atoms with E-state index in [1.54, 1.807) is 22.3 Å². The zero-order valence-corrected chi connectivity index (χ0v) is 20.3. The topological polar surface area (TPSA) is 0 Å². The fourth-order valence-corrected chi connectivity index (χ4v) is 4.42. The zero-order chi connectivity index (χ0) is 21.9. The monoisotopic (exact) mass is 402 g/mol. The van der Waals surface area contributed by atoms with Gasteiger partial charge in [0.05, 0.1) is 0 Å². The van der Waals surface area contributed by atoms with E-state index in [0.717, 1.165) is 25.7 Å². The Morgan fingerprint density at radius 2 is 0.767 bits per heavy atom. The highest BCUT2D eigenvalue weighted by Gasteiger charge is 2.17. The molecule has 2 aromatic rings. The molecule has 0 heteroatoms. The summed E-state index contributed by atoms with van der Waals surface area (Å²) in [6.45, 7) is 13.6. The molecule has 0 heterocycles. The Balaban J connectivity index is 2.79. The Labute approximate surface area is 186 Å². The highest BCUT2D eigenvalue weighted by atomic mass is 14.2. The molecule has 0 bridgehead atoms. The van der Waals surface area contributed by atoms with Gasteiger partial charge in [0.1, 0.15) is 0 Å². The Kier molecular flexibility index (Phi) is 10.1. The van der Waals surface area contributed by atoms with Crippen molar-refractivity contribution in [2.45, 2.75) is 92.9 Å². The molecule has 2 rings (SSSR count). The van der Waals surface area contributed by atoms with Crippen LogP contribution in [0.1, 0.15) is 101 Å². The first-order chi connectivity index (χ1) is 14.5. The normalized spacial score (nSPS) is 13.1. The zero-order valence-electron chi connectivity index (χ0n) is 20.3. The molecule has 2 aromatic carbocycles. The lowest BCUT2D eigenvalue weighted by Gasteiger charge is -2.23. The molecule has 0 amide bonds. The largest absolute Gasteiger partial charge is 0.0651 e. The second-order valence-corrected chi connectivity index (χ2v) is 8.65. The van der Waals surface area contributed by atoms with Crippen LogP contribution in [0.5, 0.6) is 0 Å². The summed E-state index contributed by atoms with van der Waals surface area (Å²) < 4.78 is 0. The van der Waals surface area contributed by atoms with Crippen molar-refractivity contribution in [2.24, 2.45) is 0 Å². The highest BCUT2D eigenvalue weighted by Crippen LogP contribution is 2.38. The predicted molar refractivity (Wildman–Crippen MR) is 136 cm³/mol. The first-order valence-corrected chi connectivity index (χ1v) is 12.1. The summed E-state index contributed by atoms with van der Waals surface area (Å²) in [5, 5.41) is 0. The minimum absolute atomic E-state index is 1.15. The van der Waals surface area contributed by atoms with Crippen LogP contribution in [-0.4, -0.2) is 0 Å². The lowest BCUT2D eigenvalue weighted by atomic mass is 9.82. The predicted octanol–water partition coefficient (Wildman–Crippen LogP) is 9.71. The summed E-state index contributed by atoms with van der Waals surface area (Å²) in [7, 11) is 0. The molecule has 0 aliphatic heterocycles. The quantitative estimate of drug-likeness (QED) is 0.328. The summed E-state index contributed by atoms with van der Waals surface area (Å²) in [4.78, 5) is 0. The molecular formula is C30H42. The van der Waals surface area contributed by atoms with Gasteiger partial charge in [-0.05, 0) is 73.0 Å². The molecule has 0 N–H and O–H groups in total. The maximum atomic E-state index is 2.34. The van der Waals surface area contributed by atoms with Gasteiger partial charge in [-0.25, -0.2) is 0 Å². The minimum atomic E-state index is 1.15. The van der Waals surface area contributed by atoms with Gasteiger partial charge in [-0.3, -0.25) is 0 Å². The second-order valence-electron chi connectivity index (χ2n) is 8.65. The van der Waals surface area contributed by atoms with E-state index >= 15 is 0 Å². The summed E-state index contributed by atoms with van der Waals surface area (Å²) >= 11 is 0. The first kappa shape index (κ1) is 24.2. The molecular weight excluding hydrogens is 360 g/mol. The van der Waals surface area contributed by atoms with Crippen molar-refractivity contribution < 1.29 is 0 Å². The van der Waals surface area contributed by atoms with Crippen molar-refractivity contribution in [1.82, 2.24) is 0 Å². The molecule has 0 saturated carbocycles. The van der Waals surface area contributed by atoms with Gasteiger partial charge >= 0.3 is 0 Å². The second kappa shape index (κ2) is 12.6. The molecule has 0 aliphatic rings. The Bertz CT molecular complexity index is 755. The molecule has 0 spiro atoms. The van der Waals surface area contributed by atoms with Crippen LogP contribution in [0.2, 0.25) is 0 Å². The minimum Gasteiger partial charge on any atom is -0.0651 e. The fraction of sp³-hybridized carbons (Fsp3) is 0.467. The summed E-state index contributed by atoms with van der Waals surface area (Å²) in [5.41, 5.74) is 11.9. The first-order valence-electron chi connectivity index (χ1n) is 12.1. The SMILES string of the molecule is CCCC(/C(CCC)=C(/CCC)c1ccc(C)cc1)=C(\CCC)c1ccc(C)cc1. The van der Waals surface area contributed by atoms with Crippen molar-refractivity contribution >= 4 is 11.1 Å². The molecule has 30 heavy (non-hydrogen) atoms. The van der Waals surface area contributed by atoms with E-state index in [2.05, 4.69) is 90.1 Å². The number of hydrogen-bond acceptors (Lipinski definition) is 0. The van der Waals surface area contributed by atoms with Gasteiger partial charge in [-0.15, -0.1) is 0 Å². The van der Waals surface area contributed by atoms with Crippen molar-refractivity contribution in [3.63, 3.8) is 0 Å². The summed E-state index contributed by atoms with van der Waals surface area (Å²) in [6, 6.07) is 18.4. The number of aryl methyl sites for hydroxylation is 2. The third-order valence-corrected chi connectivity index (χ3v) is 5.89. The number of allylic oxidation sites excluding steroid dienone is 4. The van der Waals surface area contributed by atoms with Gasteiger partial charge in [-0.2, -0.15) is 0 Å². The molecule has 0 saturated heterocycles. The van der Waals surface area contributed by atoms with Crippen molar-refractivity contribution in [3.05, 3.63) is 81.9 Å². The smallest absolute Gasteiger partial charge is 0.0221 e. The molecule has 0 aromatic heterocycles. The van der Waals surface area contributed by atoms with E-state index in [0.29, 0.717) is 0 Å². The molecule has 0 unspecified atom stereocenters. The molecule has 0 radical (unpaired) electrons. The van der Waals surface area contributed by atoms with Crippen LogP contribution in [0.25, 0.3) is 11.1 Å². The van der Waals surface area contributed by atoms with Gasteiger partial charge in [0, 0.05) is 0 Å². The summed E-state index contributed by atoms with van der Waals surface area (Å²) in [5.74, 6) is 0. The third kappa shape index (κ3) is 6.46. The molecule has 0 fully saturated rings. The van der Waals surface area contributed by atoms with Crippen molar-refractivity contribution in [2.75, 3.05) is 0 Å². The summed E-state index contributed by atoms with van der Waals surface area (Å²) in [6.07, 6.45) is 9.38. The van der Waals surface area contributed by atoms with E-state index in [4.69, 9.17) is 0 Å². The van der Waals surface area contributed by atoms with E-state index in [-0.39, 0.29) is 0 Å². The van der Waals surface area contributed by atoms with Gasteiger partial charge < -0.3 is 0 Å². The van der Waals surface area contributed by atoms with E-state index in [1.165, 1.54) is 47.9 Å². The number of rotatable bonds is 11. The third-order valence-electron chi connectivity index (χ3n) is 5.89. The highest BCUT2D eigenvalue weighted by molar-refractivity contribution is 5.80. The van der Waals surface area contributed by atoms with Crippen LogP contribution in [0.15, 0.2) is 59.7 Å². The van der Waals surface area contributed by atoms with Crippen LogP contribution < -0.4 is 0 Å². The average Bonchev–Trinajstić information content (AvgIpc) is 2.75. The van der Waals surface area contributed by atoms with Crippen LogP contribution >= 0.6 is 0 Å². The van der Waals surface area contributed by atoms with E-state index < -0.39 is 0 Å². The Hall–Kier alpha value is -2.08. The molecule has 162 valence electrons. The Morgan fingerprint density at radius 3 is 1.03 bits per heavy atom. The standard InChI is InChI=1S/C30H42/c1-7-11-27(25-19-15-23(5)16-20-25)29(13-9-3)30(14-10-4)28(12-8-2)26-21-17-24(6)18-22-26/h15-22H,7-14H2,1-6H3/b29-27-,30-28-. The van der Waals surface area contributed by atoms with Gasteiger partial charge in [0.15, 0.2) is 0 Å². The maximum absolute atomic E-state index is 2.34. The number of benzene rings is 2. The lowest BCUT2D eigenvalue weighted by Crippen LogP contribution is -2.02. The van der Waals surface area contributed by atoms with Gasteiger partial charge in [0.25, 0.3) is 0 Å². The van der Waals surface area contributed by atoms with Crippen molar-refractivity contribution in [3.8, 4) is 0 Å².